The Bertz CT molecular complexity index is 819. The summed E-state index contributed by atoms with van der Waals surface area (Å²) >= 11 is 9.27. The van der Waals surface area contributed by atoms with Gasteiger partial charge in [0.25, 0.3) is 5.89 Å². The summed E-state index contributed by atoms with van der Waals surface area (Å²) in [6, 6.07) is 7.27. The van der Waals surface area contributed by atoms with E-state index in [9.17, 15) is 0 Å². The molecule has 0 aliphatic heterocycles. The average molecular weight is 351 g/mol. The lowest BCUT2D eigenvalue weighted by Crippen LogP contribution is -1.83. The van der Waals surface area contributed by atoms with Crippen molar-refractivity contribution in [3.05, 3.63) is 39.6 Å². The van der Waals surface area contributed by atoms with E-state index in [0.29, 0.717) is 16.4 Å². The van der Waals surface area contributed by atoms with Gasteiger partial charge in [0, 0.05) is 10.0 Å². The first-order valence-corrected chi connectivity index (χ1v) is 6.59. The van der Waals surface area contributed by atoms with Crippen molar-refractivity contribution in [2.75, 3.05) is 0 Å². The number of hydrogen-bond donors (Lipinski definition) is 1. The van der Waals surface area contributed by atoms with Crippen molar-refractivity contribution < 1.29 is 4.52 Å². The van der Waals surface area contributed by atoms with Crippen molar-refractivity contribution >= 4 is 27.5 Å². The topological polar surface area (TPSA) is 91.4 Å². The smallest absolute Gasteiger partial charge is 0.262 e. The molecule has 0 spiro atoms. The Morgan fingerprint density at radius 1 is 1.40 bits per heavy atom. The predicted octanol–water partition coefficient (Wildman–Crippen LogP) is 3.41. The molecule has 0 fully saturated rings. The van der Waals surface area contributed by atoms with E-state index in [1.807, 2.05) is 6.07 Å². The van der Waals surface area contributed by atoms with Crippen LogP contribution in [0.3, 0.4) is 0 Å². The van der Waals surface area contributed by atoms with E-state index >= 15 is 0 Å². The lowest BCUT2D eigenvalue weighted by Gasteiger charge is -1.97. The second kappa shape index (κ2) is 5.07. The van der Waals surface area contributed by atoms with Crippen molar-refractivity contribution in [2.24, 2.45) is 0 Å². The van der Waals surface area contributed by atoms with Crippen LogP contribution in [0.2, 0.25) is 5.02 Å². The van der Waals surface area contributed by atoms with Crippen LogP contribution in [0.5, 0.6) is 0 Å². The van der Waals surface area contributed by atoms with Crippen molar-refractivity contribution in [1.29, 1.82) is 5.26 Å². The van der Waals surface area contributed by atoms with E-state index in [-0.39, 0.29) is 11.6 Å². The van der Waals surface area contributed by atoms with Crippen LogP contribution >= 0.6 is 27.5 Å². The molecule has 1 N–H and O–H groups in total. The van der Waals surface area contributed by atoms with Gasteiger partial charge in [0.15, 0.2) is 0 Å². The van der Waals surface area contributed by atoms with Crippen LogP contribution in [0.25, 0.3) is 22.8 Å². The third kappa shape index (κ3) is 2.19. The summed E-state index contributed by atoms with van der Waals surface area (Å²) < 4.78 is 5.90. The van der Waals surface area contributed by atoms with Gasteiger partial charge >= 0.3 is 0 Å². The monoisotopic (exact) mass is 349 g/mol. The van der Waals surface area contributed by atoms with Gasteiger partial charge < -0.3 is 4.52 Å². The van der Waals surface area contributed by atoms with Gasteiger partial charge in [-0.1, -0.05) is 16.8 Å². The van der Waals surface area contributed by atoms with Gasteiger partial charge in [0.2, 0.25) is 5.82 Å². The van der Waals surface area contributed by atoms with Crippen LogP contribution in [0, 0.1) is 11.3 Å². The van der Waals surface area contributed by atoms with Gasteiger partial charge in [-0.05, 0) is 34.1 Å². The molecule has 2 aromatic heterocycles. The van der Waals surface area contributed by atoms with Gasteiger partial charge in [-0.25, -0.2) is 0 Å². The highest BCUT2D eigenvalue weighted by Crippen LogP contribution is 2.29. The molecular formula is C12H5BrClN5O. The third-order valence-electron chi connectivity index (χ3n) is 2.59. The van der Waals surface area contributed by atoms with Gasteiger partial charge in [0.1, 0.15) is 11.8 Å². The van der Waals surface area contributed by atoms with Crippen molar-refractivity contribution in [3.63, 3.8) is 0 Å². The largest absolute Gasteiger partial charge is 0.333 e. The summed E-state index contributed by atoms with van der Waals surface area (Å²) in [6.45, 7) is 0. The first kappa shape index (κ1) is 12.8. The number of nitrogens with one attached hydrogen (secondary N) is 1. The van der Waals surface area contributed by atoms with Crippen molar-refractivity contribution in [3.8, 4) is 28.9 Å². The number of benzene rings is 1. The predicted molar refractivity (Wildman–Crippen MR) is 74.7 cm³/mol. The summed E-state index contributed by atoms with van der Waals surface area (Å²) in [6.07, 6.45) is 1.47. The molecule has 2 heterocycles. The molecule has 0 atom stereocenters. The van der Waals surface area contributed by atoms with Gasteiger partial charge in [-0.15, -0.1) is 0 Å². The van der Waals surface area contributed by atoms with Crippen LogP contribution in [-0.4, -0.2) is 20.3 Å². The summed E-state index contributed by atoms with van der Waals surface area (Å²) in [5, 5.41) is 19.7. The average Bonchev–Trinajstić information content (AvgIpc) is 3.09. The molecule has 0 aliphatic rings. The number of nitriles is 1. The molecule has 0 saturated heterocycles. The zero-order valence-electron chi connectivity index (χ0n) is 9.76. The lowest BCUT2D eigenvalue weighted by molar-refractivity contribution is 0.432. The molecule has 3 aromatic rings. The molecule has 1 aromatic carbocycles. The number of rotatable bonds is 2. The highest BCUT2D eigenvalue weighted by molar-refractivity contribution is 9.10. The van der Waals surface area contributed by atoms with E-state index in [1.165, 1.54) is 6.20 Å². The molecule has 0 saturated carbocycles. The molecule has 0 unspecified atom stereocenters. The minimum absolute atomic E-state index is 0.233. The van der Waals surface area contributed by atoms with Gasteiger partial charge in [-0.2, -0.15) is 15.3 Å². The Kier molecular flexibility index (Phi) is 3.26. The Morgan fingerprint density at radius 3 is 3.00 bits per heavy atom. The number of hydrogen-bond acceptors (Lipinski definition) is 5. The Morgan fingerprint density at radius 2 is 2.25 bits per heavy atom. The molecule has 20 heavy (non-hydrogen) atoms. The number of nitrogens with zero attached hydrogens (tertiary/aromatic N) is 4. The van der Waals surface area contributed by atoms with E-state index < -0.39 is 0 Å². The zero-order chi connectivity index (χ0) is 14.1. The summed E-state index contributed by atoms with van der Waals surface area (Å²) in [5.41, 5.74) is 1.50. The SMILES string of the molecule is N#Cc1[nH]ncc1-c1nc(-c2ccc(Cl)c(Br)c2)no1. The number of aromatic amines is 1. The maximum Gasteiger partial charge on any atom is 0.262 e. The molecule has 0 aliphatic carbocycles. The van der Waals surface area contributed by atoms with E-state index in [4.69, 9.17) is 21.4 Å². The second-order valence-electron chi connectivity index (χ2n) is 3.82. The standard InChI is InChI=1S/C12H5BrClN5O/c13-8-3-6(1-2-9(8)14)11-17-12(20-19-11)7-5-16-18-10(7)4-15/h1-3,5H,(H,16,18). The minimum atomic E-state index is 0.233. The Hall–Kier alpha value is -2.17. The third-order valence-corrected chi connectivity index (χ3v) is 3.80. The fourth-order valence-corrected chi connectivity index (χ4v) is 2.12. The molecule has 0 amide bonds. The quantitative estimate of drug-likeness (QED) is 0.764. The first-order chi connectivity index (χ1) is 9.69. The van der Waals surface area contributed by atoms with E-state index in [2.05, 4.69) is 36.3 Å². The normalized spacial score (nSPS) is 10.4. The lowest BCUT2D eigenvalue weighted by atomic mass is 10.2. The molecule has 3 rings (SSSR count). The fourth-order valence-electron chi connectivity index (χ4n) is 1.62. The Labute approximate surface area is 126 Å². The zero-order valence-corrected chi connectivity index (χ0v) is 12.1. The molecule has 6 nitrogen and oxygen atoms in total. The second-order valence-corrected chi connectivity index (χ2v) is 5.08. The number of halogens is 2. The molecule has 0 bridgehead atoms. The van der Waals surface area contributed by atoms with Crippen molar-refractivity contribution in [1.82, 2.24) is 20.3 Å². The Balaban J connectivity index is 2.02. The van der Waals surface area contributed by atoms with E-state index in [1.54, 1.807) is 18.2 Å². The summed E-state index contributed by atoms with van der Waals surface area (Å²) in [7, 11) is 0. The highest BCUT2D eigenvalue weighted by Gasteiger charge is 2.16. The van der Waals surface area contributed by atoms with Crippen LogP contribution in [0.15, 0.2) is 33.4 Å². The molecular weight excluding hydrogens is 346 g/mol. The van der Waals surface area contributed by atoms with Crippen molar-refractivity contribution in [2.45, 2.75) is 0 Å². The maximum atomic E-state index is 8.93. The van der Waals surface area contributed by atoms with E-state index in [0.717, 1.165) is 10.0 Å². The van der Waals surface area contributed by atoms with Crippen LogP contribution in [-0.2, 0) is 0 Å². The van der Waals surface area contributed by atoms with Gasteiger partial charge in [-0.3, -0.25) is 5.10 Å². The minimum Gasteiger partial charge on any atom is -0.333 e. The van der Waals surface area contributed by atoms with Crippen LogP contribution in [0.4, 0.5) is 0 Å². The molecule has 0 radical (unpaired) electrons. The fraction of sp³-hybridized carbons (Fsp3) is 0. The van der Waals surface area contributed by atoms with Crippen LogP contribution < -0.4 is 0 Å². The summed E-state index contributed by atoms with van der Waals surface area (Å²) in [4.78, 5) is 4.25. The highest BCUT2D eigenvalue weighted by atomic mass is 79.9. The maximum absolute atomic E-state index is 8.93. The molecule has 98 valence electrons. The number of H-pyrrole nitrogens is 1. The molecule has 8 heteroatoms. The summed E-state index contributed by atoms with van der Waals surface area (Å²) in [5.74, 6) is 0.638. The van der Waals surface area contributed by atoms with Crippen LogP contribution in [0.1, 0.15) is 5.69 Å². The first-order valence-electron chi connectivity index (χ1n) is 5.42. The van der Waals surface area contributed by atoms with Gasteiger partial charge in [0.05, 0.1) is 16.8 Å². The number of aromatic nitrogens is 4.